The molecule has 0 bridgehead atoms. The Morgan fingerprint density at radius 3 is 2.54 bits per heavy atom. The van der Waals surface area contributed by atoms with Gasteiger partial charge in [0.25, 0.3) is 5.91 Å². The van der Waals surface area contributed by atoms with Gasteiger partial charge in [0.15, 0.2) is 5.67 Å². The number of hydrogen-bond acceptors (Lipinski definition) is 2. The lowest BCUT2D eigenvalue weighted by Crippen LogP contribution is -2.44. The number of halogens is 1. The van der Waals surface area contributed by atoms with Crippen molar-refractivity contribution >= 4 is 5.91 Å². The van der Waals surface area contributed by atoms with Crippen molar-refractivity contribution in [2.24, 2.45) is 5.92 Å². The summed E-state index contributed by atoms with van der Waals surface area (Å²) in [5, 5.41) is 11.5. The van der Waals surface area contributed by atoms with E-state index in [4.69, 9.17) is 5.11 Å². The molecule has 76 valence electrons. The van der Waals surface area contributed by atoms with E-state index in [-0.39, 0.29) is 6.10 Å². The zero-order valence-corrected chi connectivity index (χ0v) is 8.01. The van der Waals surface area contributed by atoms with E-state index in [9.17, 15) is 9.18 Å². The van der Waals surface area contributed by atoms with Crippen LogP contribution >= 0.6 is 0 Å². The smallest absolute Gasteiger partial charge is 0.257 e. The summed E-state index contributed by atoms with van der Waals surface area (Å²) in [5.74, 6) is -0.254. The standard InChI is InChI=1S/C9H16FNO2/c1-9(2,10)8(13)11-5-6-3-7(12)4-6/h6-7,12H,3-5H2,1-2H3,(H,11,13). The lowest BCUT2D eigenvalue weighted by Gasteiger charge is -2.31. The first-order valence-electron chi connectivity index (χ1n) is 4.55. The molecule has 0 aromatic heterocycles. The molecule has 0 heterocycles. The van der Waals surface area contributed by atoms with E-state index in [1.54, 1.807) is 0 Å². The number of hydrogen-bond donors (Lipinski definition) is 2. The van der Waals surface area contributed by atoms with Crippen molar-refractivity contribution in [2.75, 3.05) is 6.54 Å². The van der Waals surface area contributed by atoms with Gasteiger partial charge in [-0.1, -0.05) is 0 Å². The van der Waals surface area contributed by atoms with Gasteiger partial charge >= 0.3 is 0 Å². The van der Waals surface area contributed by atoms with Crippen LogP contribution in [0.5, 0.6) is 0 Å². The topological polar surface area (TPSA) is 49.3 Å². The summed E-state index contributed by atoms with van der Waals surface area (Å²) in [6, 6.07) is 0. The third kappa shape index (κ3) is 2.95. The van der Waals surface area contributed by atoms with Gasteiger partial charge in [-0.15, -0.1) is 0 Å². The molecule has 2 N–H and O–H groups in total. The largest absolute Gasteiger partial charge is 0.393 e. The van der Waals surface area contributed by atoms with Crippen molar-refractivity contribution in [3.05, 3.63) is 0 Å². The zero-order valence-electron chi connectivity index (χ0n) is 8.01. The highest BCUT2D eigenvalue weighted by molar-refractivity contribution is 5.84. The molecule has 0 spiro atoms. The summed E-state index contributed by atoms with van der Waals surface area (Å²) in [6.07, 6.45) is 1.21. The lowest BCUT2D eigenvalue weighted by atomic mass is 9.82. The number of aliphatic hydroxyl groups excluding tert-OH is 1. The summed E-state index contributed by atoms with van der Waals surface area (Å²) in [6.45, 7) is 2.94. The second-order valence-corrected chi connectivity index (χ2v) is 4.17. The molecule has 3 nitrogen and oxygen atoms in total. The van der Waals surface area contributed by atoms with Gasteiger partial charge in [-0.2, -0.15) is 0 Å². The molecule has 0 atom stereocenters. The molecule has 13 heavy (non-hydrogen) atoms. The number of amides is 1. The van der Waals surface area contributed by atoms with E-state index in [1.807, 2.05) is 0 Å². The first-order chi connectivity index (χ1) is 5.89. The Morgan fingerprint density at radius 2 is 2.15 bits per heavy atom. The molecule has 1 fully saturated rings. The van der Waals surface area contributed by atoms with Gasteiger partial charge in [0, 0.05) is 6.54 Å². The van der Waals surface area contributed by atoms with Gasteiger partial charge in [-0.25, -0.2) is 4.39 Å². The van der Waals surface area contributed by atoms with Gasteiger partial charge in [-0.05, 0) is 32.6 Å². The van der Waals surface area contributed by atoms with Crippen molar-refractivity contribution in [1.82, 2.24) is 5.32 Å². The van der Waals surface area contributed by atoms with Gasteiger partial charge in [0.1, 0.15) is 0 Å². The van der Waals surface area contributed by atoms with Crippen molar-refractivity contribution in [2.45, 2.75) is 38.5 Å². The van der Waals surface area contributed by atoms with Crippen molar-refractivity contribution in [3.8, 4) is 0 Å². The molecule has 0 aromatic rings. The Labute approximate surface area is 77.3 Å². The van der Waals surface area contributed by atoms with Crippen LogP contribution in [0.3, 0.4) is 0 Å². The summed E-state index contributed by atoms with van der Waals surface area (Å²) in [4.78, 5) is 11.0. The maximum Gasteiger partial charge on any atom is 0.257 e. The van der Waals surface area contributed by atoms with Crippen LogP contribution in [0.2, 0.25) is 0 Å². The molecule has 1 amide bonds. The van der Waals surface area contributed by atoms with Gasteiger partial charge < -0.3 is 10.4 Å². The second kappa shape index (κ2) is 3.62. The van der Waals surface area contributed by atoms with E-state index in [2.05, 4.69) is 5.32 Å². The Hall–Kier alpha value is -0.640. The van der Waals surface area contributed by atoms with Crippen LogP contribution in [0.25, 0.3) is 0 Å². The number of aliphatic hydroxyl groups is 1. The maximum atomic E-state index is 13.0. The van der Waals surface area contributed by atoms with E-state index < -0.39 is 11.6 Å². The maximum absolute atomic E-state index is 13.0. The number of rotatable bonds is 3. The molecule has 1 aliphatic carbocycles. The average molecular weight is 189 g/mol. The number of alkyl halides is 1. The first-order valence-corrected chi connectivity index (χ1v) is 4.55. The van der Waals surface area contributed by atoms with Crippen LogP contribution in [0.15, 0.2) is 0 Å². The molecular formula is C9H16FNO2. The zero-order chi connectivity index (χ0) is 10.1. The predicted octanol–water partition coefficient (Wildman–Crippen LogP) is 0.622. The number of nitrogens with one attached hydrogen (secondary N) is 1. The van der Waals surface area contributed by atoms with Crippen molar-refractivity contribution in [1.29, 1.82) is 0 Å². The summed E-state index contributed by atoms with van der Waals surface area (Å²) in [5.41, 5.74) is -1.80. The molecule has 0 saturated heterocycles. The Morgan fingerprint density at radius 1 is 1.62 bits per heavy atom. The molecule has 0 aromatic carbocycles. The molecule has 1 rings (SSSR count). The normalized spacial score (nSPS) is 28.0. The molecule has 0 radical (unpaired) electrons. The highest BCUT2D eigenvalue weighted by atomic mass is 19.1. The van der Waals surface area contributed by atoms with Gasteiger partial charge in [0.2, 0.25) is 0 Å². The fourth-order valence-corrected chi connectivity index (χ4v) is 1.31. The Kier molecular flexibility index (Phi) is 2.91. The quantitative estimate of drug-likeness (QED) is 0.683. The monoisotopic (exact) mass is 189 g/mol. The minimum atomic E-state index is -1.80. The SMILES string of the molecule is CC(C)(F)C(=O)NCC1CC(O)C1. The highest BCUT2D eigenvalue weighted by Gasteiger charge is 2.30. The molecular weight excluding hydrogens is 173 g/mol. The lowest BCUT2D eigenvalue weighted by molar-refractivity contribution is -0.131. The van der Waals surface area contributed by atoms with E-state index in [0.717, 1.165) is 0 Å². The van der Waals surface area contributed by atoms with E-state index >= 15 is 0 Å². The summed E-state index contributed by atoms with van der Waals surface area (Å²) < 4.78 is 13.0. The third-order valence-electron chi connectivity index (χ3n) is 2.30. The molecule has 1 aliphatic rings. The second-order valence-electron chi connectivity index (χ2n) is 4.17. The predicted molar refractivity (Wildman–Crippen MR) is 46.9 cm³/mol. The molecule has 0 unspecified atom stereocenters. The average Bonchev–Trinajstić information content (AvgIpc) is 1.93. The fraction of sp³-hybridized carbons (Fsp3) is 0.889. The molecule has 0 aliphatic heterocycles. The summed E-state index contributed by atoms with van der Waals surface area (Å²) in [7, 11) is 0. The van der Waals surface area contributed by atoms with Crippen LogP contribution in [-0.2, 0) is 4.79 Å². The van der Waals surface area contributed by atoms with Crippen LogP contribution in [0, 0.1) is 5.92 Å². The van der Waals surface area contributed by atoms with Crippen LogP contribution in [0.1, 0.15) is 26.7 Å². The molecule has 4 heteroatoms. The fourth-order valence-electron chi connectivity index (χ4n) is 1.31. The van der Waals surface area contributed by atoms with E-state index in [0.29, 0.717) is 25.3 Å². The first kappa shape index (κ1) is 10.4. The Balaban J connectivity index is 2.16. The Bertz CT molecular complexity index is 194. The summed E-state index contributed by atoms with van der Waals surface area (Å²) >= 11 is 0. The molecule has 1 saturated carbocycles. The van der Waals surface area contributed by atoms with Crippen molar-refractivity contribution in [3.63, 3.8) is 0 Å². The minimum absolute atomic E-state index is 0.222. The van der Waals surface area contributed by atoms with Gasteiger partial charge in [-0.3, -0.25) is 4.79 Å². The third-order valence-corrected chi connectivity index (χ3v) is 2.30. The van der Waals surface area contributed by atoms with Crippen LogP contribution in [0.4, 0.5) is 4.39 Å². The highest BCUT2D eigenvalue weighted by Crippen LogP contribution is 2.26. The van der Waals surface area contributed by atoms with Crippen LogP contribution < -0.4 is 5.32 Å². The minimum Gasteiger partial charge on any atom is -0.393 e. The van der Waals surface area contributed by atoms with E-state index in [1.165, 1.54) is 13.8 Å². The van der Waals surface area contributed by atoms with Crippen molar-refractivity contribution < 1.29 is 14.3 Å². The number of carbonyl (C=O) groups excluding carboxylic acids is 1. The van der Waals surface area contributed by atoms with Crippen LogP contribution in [-0.4, -0.2) is 29.3 Å². The number of carbonyl (C=O) groups is 1. The van der Waals surface area contributed by atoms with Gasteiger partial charge in [0.05, 0.1) is 6.10 Å².